The maximum absolute atomic E-state index is 11.9. The van der Waals surface area contributed by atoms with Crippen molar-refractivity contribution >= 4 is 17.1 Å². The van der Waals surface area contributed by atoms with E-state index in [0.717, 1.165) is 29.4 Å². The van der Waals surface area contributed by atoms with Crippen molar-refractivity contribution in [3.63, 3.8) is 0 Å². The Kier molecular flexibility index (Phi) is 2.47. The number of benzene rings is 1. The molecule has 0 aliphatic heterocycles. The van der Waals surface area contributed by atoms with Crippen molar-refractivity contribution in [1.82, 2.24) is 9.55 Å². The van der Waals surface area contributed by atoms with Crippen LogP contribution in [0.2, 0.25) is 0 Å². The number of isocyanates is 1. The molecule has 0 amide bonds. The average Bonchev–Trinajstić information content (AvgIpc) is 3.04. The highest BCUT2D eigenvalue weighted by atomic mass is 16.1. The minimum atomic E-state index is -0.396. The second-order valence-corrected chi connectivity index (χ2v) is 5.36. The van der Waals surface area contributed by atoms with Crippen LogP contribution in [0.25, 0.3) is 11.0 Å². The summed E-state index contributed by atoms with van der Waals surface area (Å²) in [4.78, 5) is 29.2. The number of fused-ring (bicyclic) bond motifs is 1. The Morgan fingerprint density at radius 2 is 2.16 bits per heavy atom. The zero-order chi connectivity index (χ0) is 13.6. The molecule has 0 bridgehead atoms. The molecule has 1 aliphatic rings. The third-order valence-corrected chi connectivity index (χ3v) is 3.75. The Morgan fingerprint density at radius 1 is 1.42 bits per heavy atom. The monoisotopic (exact) mass is 257 g/mol. The van der Waals surface area contributed by atoms with Crippen LogP contribution in [0.4, 0.5) is 0 Å². The minimum absolute atomic E-state index is 0.106. The largest absolute Gasteiger partial charge is 0.326 e. The second-order valence-electron chi connectivity index (χ2n) is 5.36. The van der Waals surface area contributed by atoms with Crippen LogP contribution in [0.15, 0.2) is 28.0 Å². The van der Waals surface area contributed by atoms with Crippen molar-refractivity contribution in [3.8, 4) is 0 Å². The minimum Gasteiger partial charge on any atom is -0.306 e. The second kappa shape index (κ2) is 3.93. The van der Waals surface area contributed by atoms with Gasteiger partial charge in [-0.25, -0.2) is 9.59 Å². The van der Waals surface area contributed by atoms with E-state index in [4.69, 9.17) is 0 Å². The lowest BCUT2D eigenvalue weighted by atomic mass is 10.0. The van der Waals surface area contributed by atoms with Gasteiger partial charge in [-0.2, -0.15) is 4.99 Å². The maximum Gasteiger partial charge on any atom is 0.326 e. The van der Waals surface area contributed by atoms with Gasteiger partial charge in [-0.1, -0.05) is 6.07 Å². The van der Waals surface area contributed by atoms with Gasteiger partial charge in [0.15, 0.2) is 0 Å². The Bertz CT molecular complexity index is 744. The Balaban J connectivity index is 2.18. The number of hydrogen-bond acceptors (Lipinski definition) is 3. The molecular formula is C14H15N3O2. The van der Waals surface area contributed by atoms with Gasteiger partial charge in [-0.15, -0.1) is 0 Å². The summed E-state index contributed by atoms with van der Waals surface area (Å²) in [5.41, 5.74) is 2.15. The molecule has 0 atom stereocenters. The number of nitrogens with zero attached hydrogens (tertiary/aromatic N) is 2. The topological polar surface area (TPSA) is 67.2 Å². The summed E-state index contributed by atoms with van der Waals surface area (Å²) < 4.78 is 1.72. The van der Waals surface area contributed by atoms with Gasteiger partial charge in [0.05, 0.1) is 16.6 Å². The first-order chi connectivity index (χ1) is 9.07. The number of aromatic amines is 1. The van der Waals surface area contributed by atoms with E-state index in [1.807, 2.05) is 32.0 Å². The van der Waals surface area contributed by atoms with Crippen LogP contribution in [0.5, 0.6) is 0 Å². The molecule has 1 saturated carbocycles. The van der Waals surface area contributed by atoms with Gasteiger partial charge in [-0.05, 0) is 44.4 Å². The van der Waals surface area contributed by atoms with Crippen LogP contribution in [0.1, 0.15) is 38.3 Å². The van der Waals surface area contributed by atoms with E-state index in [2.05, 4.69) is 9.98 Å². The van der Waals surface area contributed by atoms with Crippen molar-refractivity contribution in [2.24, 2.45) is 4.99 Å². The predicted molar refractivity (Wildman–Crippen MR) is 72.0 cm³/mol. The summed E-state index contributed by atoms with van der Waals surface area (Å²) in [6.45, 7) is 3.95. The summed E-state index contributed by atoms with van der Waals surface area (Å²) in [6.07, 6.45) is 3.38. The lowest BCUT2D eigenvalue weighted by molar-refractivity contribution is 0.556. The molecule has 1 aromatic heterocycles. The van der Waals surface area contributed by atoms with Gasteiger partial charge >= 0.3 is 5.69 Å². The number of carbonyl (C=O) groups excluding carboxylic acids is 1. The molecule has 0 radical (unpaired) electrons. The first-order valence-electron chi connectivity index (χ1n) is 6.41. The van der Waals surface area contributed by atoms with E-state index in [1.165, 1.54) is 0 Å². The summed E-state index contributed by atoms with van der Waals surface area (Å²) >= 11 is 0. The van der Waals surface area contributed by atoms with Crippen LogP contribution in [-0.2, 0) is 10.3 Å². The number of hydrogen-bond donors (Lipinski definition) is 1. The van der Waals surface area contributed by atoms with E-state index in [0.29, 0.717) is 0 Å². The Morgan fingerprint density at radius 3 is 2.74 bits per heavy atom. The van der Waals surface area contributed by atoms with Crippen LogP contribution < -0.4 is 5.69 Å². The third-order valence-electron chi connectivity index (χ3n) is 3.75. The van der Waals surface area contributed by atoms with E-state index in [1.54, 1.807) is 10.6 Å². The van der Waals surface area contributed by atoms with Crippen molar-refractivity contribution in [1.29, 1.82) is 0 Å². The predicted octanol–water partition coefficient (Wildman–Crippen LogP) is 2.24. The van der Waals surface area contributed by atoms with Crippen LogP contribution in [0, 0.1) is 0 Å². The summed E-state index contributed by atoms with van der Waals surface area (Å²) in [5, 5.41) is 0. The molecule has 5 heteroatoms. The van der Waals surface area contributed by atoms with Gasteiger partial charge in [-0.3, -0.25) is 4.57 Å². The van der Waals surface area contributed by atoms with Crippen LogP contribution in [0.3, 0.4) is 0 Å². The molecule has 2 aromatic rings. The number of rotatable bonds is 3. The Labute approximate surface area is 110 Å². The fourth-order valence-corrected chi connectivity index (χ4v) is 2.60. The average molecular weight is 257 g/mol. The summed E-state index contributed by atoms with van der Waals surface area (Å²) in [6, 6.07) is 5.89. The van der Waals surface area contributed by atoms with Crippen molar-refractivity contribution in [2.75, 3.05) is 0 Å². The molecule has 0 unspecified atom stereocenters. The molecule has 98 valence electrons. The molecule has 1 aliphatic carbocycles. The number of nitrogens with one attached hydrogen (secondary N) is 1. The lowest BCUT2D eigenvalue weighted by Gasteiger charge is -2.10. The standard InChI is InChI=1S/C14H15N3O2/c1-9(2)17-12-4-3-10(7-11(12)16-13(17)19)14(5-6-14)15-8-18/h3-4,7,9H,5-6H2,1-2H3,(H,16,19). The van der Waals surface area contributed by atoms with Crippen molar-refractivity contribution in [2.45, 2.75) is 38.3 Å². The van der Waals surface area contributed by atoms with Gasteiger partial charge in [0.1, 0.15) is 0 Å². The molecule has 3 rings (SSSR count). The van der Waals surface area contributed by atoms with E-state index < -0.39 is 5.54 Å². The molecule has 1 heterocycles. The fraction of sp³-hybridized carbons (Fsp3) is 0.429. The fourth-order valence-electron chi connectivity index (χ4n) is 2.60. The lowest BCUT2D eigenvalue weighted by Crippen LogP contribution is -2.18. The van der Waals surface area contributed by atoms with Crippen molar-refractivity contribution in [3.05, 3.63) is 34.2 Å². The zero-order valence-corrected chi connectivity index (χ0v) is 10.9. The van der Waals surface area contributed by atoms with Gasteiger partial charge in [0, 0.05) is 6.04 Å². The first kappa shape index (κ1) is 11.9. The highest BCUT2D eigenvalue weighted by Crippen LogP contribution is 2.49. The molecule has 19 heavy (non-hydrogen) atoms. The molecular weight excluding hydrogens is 242 g/mol. The quantitative estimate of drug-likeness (QED) is 0.676. The van der Waals surface area contributed by atoms with E-state index in [-0.39, 0.29) is 11.7 Å². The number of imidazole rings is 1. The van der Waals surface area contributed by atoms with E-state index in [9.17, 15) is 9.59 Å². The maximum atomic E-state index is 11.9. The zero-order valence-electron chi connectivity index (χ0n) is 10.9. The number of aliphatic imine (C=N–C) groups is 1. The molecule has 1 aromatic carbocycles. The van der Waals surface area contributed by atoms with Gasteiger partial charge in [0.25, 0.3) is 0 Å². The molecule has 1 N–H and O–H groups in total. The van der Waals surface area contributed by atoms with Crippen molar-refractivity contribution < 1.29 is 4.79 Å². The summed E-state index contributed by atoms with van der Waals surface area (Å²) in [5.74, 6) is 0. The van der Waals surface area contributed by atoms with Gasteiger partial charge in [0.2, 0.25) is 6.08 Å². The van der Waals surface area contributed by atoms with Crippen LogP contribution >= 0.6 is 0 Å². The normalized spacial score (nSPS) is 16.6. The molecule has 0 saturated heterocycles. The first-order valence-corrected chi connectivity index (χ1v) is 6.41. The smallest absolute Gasteiger partial charge is 0.306 e. The number of H-pyrrole nitrogens is 1. The molecule has 0 spiro atoms. The Hall–Kier alpha value is -2.13. The van der Waals surface area contributed by atoms with Gasteiger partial charge < -0.3 is 4.98 Å². The third kappa shape index (κ3) is 1.74. The molecule has 5 nitrogen and oxygen atoms in total. The molecule has 1 fully saturated rings. The number of aromatic nitrogens is 2. The highest BCUT2D eigenvalue weighted by Gasteiger charge is 2.45. The van der Waals surface area contributed by atoms with Crippen LogP contribution in [-0.4, -0.2) is 15.6 Å². The van der Waals surface area contributed by atoms with E-state index >= 15 is 0 Å². The highest BCUT2D eigenvalue weighted by molar-refractivity contribution is 5.77. The summed E-state index contributed by atoms with van der Waals surface area (Å²) in [7, 11) is 0. The SMILES string of the molecule is CC(C)n1c(=O)[nH]c2cc(C3(N=C=O)CC3)ccc21.